The van der Waals surface area contributed by atoms with Gasteiger partial charge in [-0.2, -0.15) is 0 Å². The highest BCUT2D eigenvalue weighted by Crippen LogP contribution is 2.43. The van der Waals surface area contributed by atoms with Crippen molar-refractivity contribution in [2.24, 2.45) is 0 Å². The number of aromatic nitrogens is 1. The van der Waals surface area contributed by atoms with Gasteiger partial charge in [-0.05, 0) is 37.5 Å². The molecule has 0 spiro atoms. The van der Waals surface area contributed by atoms with E-state index >= 15 is 0 Å². The fourth-order valence-corrected chi connectivity index (χ4v) is 5.60. The highest BCUT2D eigenvalue weighted by molar-refractivity contribution is 7.29. The van der Waals surface area contributed by atoms with Gasteiger partial charge >= 0.3 is 0 Å². The minimum absolute atomic E-state index is 0.203. The summed E-state index contributed by atoms with van der Waals surface area (Å²) in [5.74, 6) is 1.19. The number of carbonyl (C=O) groups is 1. The minimum Gasteiger partial charge on any atom is -0.493 e. The number of thiophene rings is 1. The normalized spacial score (nSPS) is 14.1. The van der Waals surface area contributed by atoms with Crippen LogP contribution in [0.1, 0.15) is 28.9 Å². The van der Waals surface area contributed by atoms with Crippen LogP contribution in [0, 0.1) is 0 Å². The summed E-state index contributed by atoms with van der Waals surface area (Å²) in [7, 11) is 4.62. The zero-order chi connectivity index (χ0) is 20.4. The van der Waals surface area contributed by atoms with Crippen LogP contribution in [0.2, 0.25) is 0 Å². The van der Waals surface area contributed by atoms with E-state index in [1.165, 1.54) is 44.8 Å². The van der Waals surface area contributed by atoms with Gasteiger partial charge in [-0.1, -0.05) is 11.3 Å². The predicted molar refractivity (Wildman–Crippen MR) is 118 cm³/mol. The molecule has 2 aromatic heterocycles. The van der Waals surface area contributed by atoms with Crippen LogP contribution in [0.3, 0.4) is 0 Å². The van der Waals surface area contributed by atoms with Crippen LogP contribution in [0.5, 0.6) is 17.2 Å². The van der Waals surface area contributed by atoms with Crippen molar-refractivity contribution >= 4 is 48.9 Å². The Hall–Kier alpha value is -2.52. The minimum atomic E-state index is -0.203. The fourth-order valence-electron chi connectivity index (χ4n) is 3.44. The van der Waals surface area contributed by atoms with Gasteiger partial charge in [-0.25, -0.2) is 4.98 Å². The van der Waals surface area contributed by atoms with Crippen LogP contribution >= 0.6 is 22.7 Å². The highest BCUT2D eigenvalue weighted by atomic mass is 32.1. The van der Waals surface area contributed by atoms with Gasteiger partial charge in [0.1, 0.15) is 4.83 Å². The van der Waals surface area contributed by atoms with Crippen LogP contribution < -0.4 is 24.4 Å². The van der Waals surface area contributed by atoms with E-state index in [1.54, 1.807) is 30.6 Å². The first kappa shape index (κ1) is 19.8. The molecule has 1 N–H and O–H groups in total. The number of piperidine rings is 1. The number of hydrogen-bond acceptors (Lipinski definition) is 8. The van der Waals surface area contributed by atoms with Gasteiger partial charge in [0.25, 0.3) is 5.91 Å². The number of nitrogens with one attached hydrogen (secondary N) is 1. The lowest BCUT2D eigenvalue weighted by Crippen LogP contribution is -2.29. The summed E-state index contributed by atoms with van der Waals surface area (Å²) in [5.41, 5.74) is 0.522. The molecular weight excluding hydrogens is 410 g/mol. The van der Waals surface area contributed by atoms with Crippen LogP contribution in [-0.4, -0.2) is 45.3 Å². The Balaban J connectivity index is 1.55. The number of fused-ring (bicyclic) bond motifs is 1. The Morgan fingerprint density at radius 1 is 1.03 bits per heavy atom. The Bertz CT molecular complexity index is 993. The summed E-state index contributed by atoms with van der Waals surface area (Å²) < 4.78 is 17.2. The number of anilines is 2. The number of carbonyl (C=O) groups excluding carboxylic acids is 1. The van der Waals surface area contributed by atoms with E-state index in [4.69, 9.17) is 19.2 Å². The maximum atomic E-state index is 12.8. The summed E-state index contributed by atoms with van der Waals surface area (Å²) in [6.45, 7) is 2.13. The van der Waals surface area contributed by atoms with Crippen molar-refractivity contribution in [1.82, 2.24) is 4.98 Å². The standard InChI is InChI=1S/C20H23N3O4S2/c1-25-13-8-7-12(16(26-2)17(13)27-3)21-18(24)14-11-15-19(28-14)22-20(29-15)23-9-5-4-6-10-23/h7-8,11H,4-6,9-10H2,1-3H3,(H,21,24). The van der Waals surface area contributed by atoms with Crippen molar-refractivity contribution in [1.29, 1.82) is 0 Å². The number of nitrogens with zero attached hydrogens (tertiary/aromatic N) is 2. The van der Waals surface area contributed by atoms with Gasteiger partial charge in [-0.15, -0.1) is 11.3 Å². The predicted octanol–water partition coefficient (Wildman–Crippen LogP) is 4.63. The summed E-state index contributed by atoms with van der Waals surface area (Å²) in [5, 5.41) is 3.96. The molecule has 4 rings (SSSR count). The third-order valence-corrected chi connectivity index (χ3v) is 7.10. The van der Waals surface area contributed by atoms with Gasteiger partial charge < -0.3 is 24.4 Å². The molecule has 7 nitrogen and oxygen atoms in total. The molecule has 3 heterocycles. The van der Waals surface area contributed by atoms with E-state index in [9.17, 15) is 4.79 Å². The van der Waals surface area contributed by atoms with Crippen molar-refractivity contribution in [2.45, 2.75) is 19.3 Å². The van der Waals surface area contributed by atoms with Gasteiger partial charge in [0.2, 0.25) is 5.75 Å². The molecule has 1 aliphatic rings. The smallest absolute Gasteiger partial charge is 0.265 e. The molecule has 0 saturated carbocycles. The molecule has 3 aromatic rings. The van der Waals surface area contributed by atoms with E-state index in [1.807, 2.05) is 6.07 Å². The average Bonchev–Trinajstić information content (AvgIpc) is 3.33. The van der Waals surface area contributed by atoms with Gasteiger partial charge in [0.05, 0.1) is 36.6 Å². The molecule has 0 unspecified atom stereocenters. The SMILES string of the molecule is COc1ccc(NC(=O)c2cc3sc(N4CCCCC4)nc3s2)c(OC)c1OC. The lowest BCUT2D eigenvalue weighted by molar-refractivity contribution is 0.103. The molecule has 0 bridgehead atoms. The van der Waals surface area contributed by atoms with E-state index in [2.05, 4.69) is 10.2 Å². The van der Waals surface area contributed by atoms with E-state index in [-0.39, 0.29) is 5.91 Å². The molecule has 29 heavy (non-hydrogen) atoms. The molecule has 1 aromatic carbocycles. The Kier molecular flexibility index (Phi) is 5.77. The fraction of sp³-hybridized carbons (Fsp3) is 0.400. The largest absolute Gasteiger partial charge is 0.493 e. The third-order valence-electron chi connectivity index (χ3n) is 4.88. The van der Waals surface area contributed by atoms with E-state index < -0.39 is 0 Å². The number of amides is 1. The second kappa shape index (κ2) is 8.46. The number of benzene rings is 1. The Morgan fingerprint density at radius 3 is 2.45 bits per heavy atom. The number of thiazole rings is 1. The number of ether oxygens (including phenoxy) is 3. The second-order valence-corrected chi connectivity index (χ2v) is 8.70. The summed E-state index contributed by atoms with van der Waals surface area (Å²) in [6, 6.07) is 5.38. The van der Waals surface area contributed by atoms with E-state index in [0.717, 1.165) is 27.8 Å². The molecular formula is C20H23N3O4S2. The van der Waals surface area contributed by atoms with Crippen LogP contribution in [0.25, 0.3) is 9.53 Å². The van der Waals surface area contributed by atoms with Crippen molar-refractivity contribution < 1.29 is 19.0 Å². The van der Waals surface area contributed by atoms with Crippen LogP contribution in [0.15, 0.2) is 18.2 Å². The summed E-state index contributed by atoms with van der Waals surface area (Å²) in [4.78, 5) is 21.4. The van der Waals surface area contributed by atoms with Gasteiger partial charge in [0, 0.05) is 13.1 Å². The quantitative estimate of drug-likeness (QED) is 0.611. The number of methoxy groups -OCH3 is 3. The average molecular weight is 434 g/mol. The zero-order valence-corrected chi connectivity index (χ0v) is 18.2. The third kappa shape index (κ3) is 3.84. The molecule has 1 aliphatic heterocycles. The Morgan fingerprint density at radius 2 is 1.79 bits per heavy atom. The summed E-state index contributed by atoms with van der Waals surface area (Å²) in [6.07, 6.45) is 3.72. The second-order valence-electron chi connectivity index (χ2n) is 6.66. The first-order chi connectivity index (χ1) is 14.1. The molecule has 154 valence electrons. The monoisotopic (exact) mass is 433 g/mol. The first-order valence-electron chi connectivity index (χ1n) is 9.40. The maximum absolute atomic E-state index is 12.8. The molecule has 9 heteroatoms. The van der Waals surface area contributed by atoms with Crippen molar-refractivity contribution in [3.05, 3.63) is 23.1 Å². The molecule has 1 saturated heterocycles. The first-order valence-corrected chi connectivity index (χ1v) is 11.0. The molecule has 0 atom stereocenters. The Labute approximate surface area is 177 Å². The molecule has 0 aliphatic carbocycles. The van der Waals surface area contributed by atoms with Gasteiger partial charge in [-0.3, -0.25) is 4.79 Å². The number of hydrogen-bond donors (Lipinski definition) is 1. The van der Waals surface area contributed by atoms with E-state index in [0.29, 0.717) is 27.8 Å². The van der Waals surface area contributed by atoms with Crippen LogP contribution in [0.4, 0.5) is 10.8 Å². The lowest BCUT2D eigenvalue weighted by Gasteiger charge is -2.25. The van der Waals surface area contributed by atoms with Crippen molar-refractivity contribution in [3.8, 4) is 17.2 Å². The van der Waals surface area contributed by atoms with Gasteiger partial charge in [0.15, 0.2) is 16.6 Å². The number of rotatable bonds is 6. The topological polar surface area (TPSA) is 72.9 Å². The van der Waals surface area contributed by atoms with Crippen molar-refractivity contribution in [2.75, 3.05) is 44.6 Å². The molecule has 0 radical (unpaired) electrons. The van der Waals surface area contributed by atoms with Crippen molar-refractivity contribution in [3.63, 3.8) is 0 Å². The summed E-state index contributed by atoms with van der Waals surface area (Å²) >= 11 is 3.06. The van der Waals surface area contributed by atoms with Crippen LogP contribution in [-0.2, 0) is 0 Å². The molecule has 1 fully saturated rings. The maximum Gasteiger partial charge on any atom is 0.265 e. The lowest BCUT2D eigenvalue weighted by atomic mass is 10.1. The zero-order valence-electron chi connectivity index (χ0n) is 16.6. The molecule has 1 amide bonds. The highest BCUT2D eigenvalue weighted by Gasteiger charge is 2.21.